The van der Waals surface area contributed by atoms with Crippen LogP contribution in [0.5, 0.6) is 11.8 Å². The molecule has 0 saturated heterocycles. The van der Waals surface area contributed by atoms with Crippen molar-refractivity contribution in [1.29, 1.82) is 0 Å². The van der Waals surface area contributed by atoms with E-state index in [1.807, 2.05) is 32.0 Å². The number of aromatic nitrogens is 2. The van der Waals surface area contributed by atoms with Gasteiger partial charge < -0.3 is 10.5 Å². The first-order valence-corrected chi connectivity index (χ1v) is 5.88. The molecule has 0 aliphatic rings. The fourth-order valence-corrected chi connectivity index (χ4v) is 1.60. The Morgan fingerprint density at radius 2 is 1.94 bits per heavy atom. The highest BCUT2D eigenvalue weighted by atomic mass is 16.5. The van der Waals surface area contributed by atoms with Gasteiger partial charge in [0, 0.05) is 24.0 Å². The summed E-state index contributed by atoms with van der Waals surface area (Å²) in [4.78, 5) is 8.42. The average molecular weight is 243 g/mol. The van der Waals surface area contributed by atoms with Crippen molar-refractivity contribution in [3.63, 3.8) is 0 Å². The predicted octanol–water partition coefficient (Wildman–Crippen LogP) is 2.65. The molecule has 2 aromatic rings. The minimum absolute atomic E-state index is 0.355. The van der Waals surface area contributed by atoms with Crippen LogP contribution in [0.25, 0.3) is 0 Å². The normalized spacial score (nSPS) is 10.4. The van der Waals surface area contributed by atoms with Gasteiger partial charge in [0.15, 0.2) is 0 Å². The molecule has 1 heterocycles. The molecule has 4 nitrogen and oxygen atoms in total. The molecule has 1 aromatic carbocycles. The SMILES string of the molecule is Cc1ccc(Oc2ncc(CN)c(C)n2)cc1C. The van der Waals surface area contributed by atoms with Crippen molar-refractivity contribution in [3.05, 3.63) is 46.8 Å². The number of nitrogens with two attached hydrogens (primary N) is 1. The van der Waals surface area contributed by atoms with E-state index in [1.54, 1.807) is 6.20 Å². The summed E-state index contributed by atoms with van der Waals surface area (Å²) in [6.07, 6.45) is 1.71. The van der Waals surface area contributed by atoms with Gasteiger partial charge in [-0.2, -0.15) is 4.98 Å². The lowest BCUT2D eigenvalue weighted by Gasteiger charge is -2.08. The molecule has 4 heteroatoms. The number of benzene rings is 1. The van der Waals surface area contributed by atoms with E-state index in [4.69, 9.17) is 10.5 Å². The maximum Gasteiger partial charge on any atom is 0.322 e. The third-order valence-electron chi connectivity index (χ3n) is 2.97. The zero-order chi connectivity index (χ0) is 13.1. The molecule has 0 radical (unpaired) electrons. The monoisotopic (exact) mass is 243 g/mol. The maximum absolute atomic E-state index is 5.63. The van der Waals surface area contributed by atoms with Crippen LogP contribution >= 0.6 is 0 Å². The summed E-state index contributed by atoms with van der Waals surface area (Å²) in [5, 5.41) is 0. The molecule has 0 atom stereocenters. The predicted molar refractivity (Wildman–Crippen MR) is 70.7 cm³/mol. The first kappa shape index (κ1) is 12.5. The van der Waals surface area contributed by atoms with Crippen LogP contribution in [0.4, 0.5) is 0 Å². The fourth-order valence-electron chi connectivity index (χ4n) is 1.60. The number of hydrogen-bond acceptors (Lipinski definition) is 4. The van der Waals surface area contributed by atoms with Crippen LogP contribution in [0.2, 0.25) is 0 Å². The molecule has 0 amide bonds. The number of aryl methyl sites for hydroxylation is 3. The summed E-state index contributed by atoms with van der Waals surface area (Å²) in [6.45, 7) is 6.45. The highest BCUT2D eigenvalue weighted by molar-refractivity contribution is 5.35. The van der Waals surface area contributed by atoms with Crippen LogP contribution in [0.1, 0.15) is 22.4 Å². The zero-order valence-corrected chi connectivity index (χ0v) is 10.9. The van der Waals surface area contributed by atoms with Crippen LogP contribution < -0.4 is 10.5 Å². The molecule has 94 valence electrons. The Labute approximate surface area is 107 Å². The van der Waals surface area contributed by atoms with Crippen LogP contribution in [-0.4, -0.2) is 9.97 Å². The van der Waals surface area contributed by atoms with E-state index < -0.39 is 0 Å². The smallest absolute Gasteiger partial charge is 0.322 e. The second kappa shape index (κ2) is 5.14. The molecule has 0 unspecified atom stereocenters. The second-order valence-corrected chi connectivity index (χ2v) is 4.32. The van der Waals surface area contributed by atoms with E-state index in [2.05, 4.69) is 16.9 Å². The standard InChI is InChI=1S/C14H17N3O/c1-9-4-5-13(6-10(9)2)18-14-16-8-12(7-15)11(3)17-14/h4-6,8H,7,15H2,1-3H3. The van der Waals surface area contributed by atoms with Crippen LogP contribution in [-0.2, 0) is 6.54 Å². The zero-order valence-electron chi connectivity index (χ0n) is 10.9. The third kappa shape index (κ3) is 2.65. The Kier molecular flexibility index (Phi) is 3.58. The first-order valence-electron chi connectivity index (χ1n) is 5.88. The van der Waals surface area contributed by atoms with Crippen molar-refractivity contribution < 1.29 is 4.74 Å². The van der Waals surface area contributed by atoms with Gasteiger partial charge in [0.25, 0.3) is 0 Å². The molecule has 0 saturated carbocycles. The minimum Gasteiger partial charge on any atom is -0.424 e. The van der Waals surface area contributed by atoms with Gasteiger partial charge in [-0.15, -0.1) is 0 Å². The molecule has 18 heavy (non-hydrogen) atoms. The van der Waals surface area contributed by atoms with Gasteiger partial charge in [-0.05, 0) is 44.0 Å². The molecule has 0 fully saturated rings. The van der Waals surface area contributed by atoms with E-state index in [0.717, 1.165) is 17.0 Å². The lowest BCUT2D eigenvalue weighted by Crippen LogP contribution is -2.03. The number of nitrogens with zero attached hydrogens (tertiary/aromatic N) is 2. The van der Waals surface area contributed by atoms with Crippen molar-refractivity contribution in [2.75, 3.05) is 0 Å². The van der Waals surface area contributed by atoms with Crippen molar-refractivity contribution in [2.45, 2.75) is 27.3 Å². The lowest BCUT2D eigenvalue weighted by atomic mass is 10.1. The van der Waals surface area contributed by atoms with E-state index >= 15 is 0 Å². The van der Waals surface area contributed by atoms with Gasteiger partial charge in [0.1, 0.15) is 5.75 Å². The van der Waals surface area contributed by atoms with E-state index in [9.17, 15) is 0 Å². The molecule has 0 aliphatic heterocycles. The number of rotatable bonds is 3. The molecule has 2 N–H and O–H groups in total. The molecule has 1 aromatic heterocycles. The van der Waals surface area contributed by atoms with Gasteiger partial charge in [-0.1, -0.05) is 6.07 Å². The Balaban J connectivity index is 2.23. The van der Waals surface area contributed by atoms with Gasteiger partial charge in [-0.25, -0.2) is 4.98 Å². The Hall–Kier alpha value is -1.94. The largest absolute Gasteiger partial charge is 0.424 e. The van der Waals surface area contributed by atoms with E-state index in [0.29, 0.717) is 12.6 Å². The van der Waals surface area contributed by atoms with E-state index in [1.165, 1.54) is 11.1 Å². The van der Waals surface area contributed by atoms with Gasteiger partial charge >= 0.3 is 6.01 Å². The van der Waals surface area contributed by atoms with Crippen molar-refractivity contribution in [1.82, 2.24) is 9.97 Å². The highest BCUT2D eigenvalue weighted by Crippen LogP contribution is 2.21. The number of hydrogen-bond donors (Lipinski definition) is 1. The van der Waals surface area contributed by atoms with Gasteiger partial charge in [0.2, 0.25) is 0 Å². The average Bonchev–Trinajstić information content (AvgIpc) is 2.34. The Bertz CT molecular complexity index is 567. The Morgan fingerprint density at radius 1 is 1.17 bits per heavy atom. The van der Waals surface area contributed by atoms with E-state index in [-0.39, 0.29) is 0 Å². The third-order valence-corrected chi connectivity index (χ3v) is 2.97. The molecule has 2 rings (SSSR count). The summed E-state index contributed by atoms with van der Waals surface area (Å²) in [7, 11) is 0. The lowest BCUT2D eigenvalue weighted by molar-refractivity contribution is 0.439. The van der Waals surface area contributed by atoms with Crippen molar-refractivity contribution in [3.8, 4) is 11.8 Å². The summed E-state index contributed by atoms with van der Waals surface area (Å²) in [5.74, 6) is 0.748. The van der Waals surface area contributed by atoms with Gasteiger partial charge in [0.05, 0.1) is 0 Å². The summed E-state index contributed by atoms with van der Waals surface area (Å²) >= 11 is 0. The highest BCUT2D eigenvalue weighted by Gasteiger charge is 2.05. The summed E-state index contributed by atoms with van der Waals surface area (Å²) in [5.41, 5.74) is 9.77. The van der Waals surface area contributed by atoms with Crippen LogP contribution in [0, 0.1) is 20.8 Å². The molecular formula is C14H17N3O. The number of ether oxygens (including phenoxy) is 1. The maximum atomic E-state index is 5.63. The minimum atomic E-state index is 0.355. The quantitative estimate of drug-likeness (QED) is 0.900. The molecule has 0 spiro atoms. The summed E-state index contributed by atoms with van der Waals surface area (Å²) < 4.78 is 5.63. The van der Waals surface area contributed by atoms with Gasteiger partial charge in [-0.3, -0.25) is 0 Å². The van der Waals surface area contributed by atoms with Crippen LogP contribution in [0.3, 0.4) is 0 Å². The summed E-state index contributed by atoms with van der Waals surface area (Å²) in [6, 6.07) is 6.27. The van der Waals surface area contributed by atoms with Crippen LogP contribution in [0.15, 0.2) is 24.4 Å². The van der Waals surface area contributed by atoms with Crippen molar-refractivity contribution in [2.24, 2.45) is 5.73 Å². The topological polar surface area (TPSA) is 61.0 Å². The second-order valence-electron chi connectivity index (χ2n) is 4.32. The molecule has 0 bridgehead atoms. The Morgan fingerprint density at radius 3 is 2.56 bits per heavy atom. The van der Waals surface area contributed by atoms with Crippen molar-refractivity contribution >= 4 is 0 Å². The fraction of sp³-hybridized carbons (Fsp3) is 0.286. The molecular weight excluding hydrogens is 226 g/mol. The first-order chi connectivity index (χ1) is 8.60. The molecule has 0 aliphatic carbocycles.